The molecule has 0 saturated carbocycles. The molecule has 0 spiro atoms. The third-order valence-corrected chi connectivity index (χ3v) is 8.27. The van der Waals surface area contributed by atoms with Gasteiger partial charge in [0.15, 0.2) is 17.6 Å². The van der Waals surface area contributed by atoms with Gasteiger partial charge in [-0.1, -0.05) is 101 Å². The standard InChI is InChI=1S/C41H50O7/c1-4-7-20-43-33-25-36(44-21-8-5-2)34-27-35(42)40(48-37(34)26-33)32-23-38(45-22-9-6-3)41(47-29-31-18-14-11-15-19-31)39(24-32)46-28-30-16-12-10-13-17-30/h10-19,23-26,35,40,42H,4-9,20-22,27-29H2,1-3H3/t35-,40-/m1/s1. The van der Waals surface area contributed by atoms with Crippen molar-refractivity contribution in [3.05, 3.63) is 107 Å². The van der Waals surface area contributed by atoms with E-state index in [1.54, 1.807) is 0 Å². The van der Waals surface area contributed by atoms with Gasteiger partial charge in [0.2, 0.25) is 5.75 Å². The number of hydrogen-bond donors (Lipinski definition) is 1. The molecule has 4 aromatic rings. The van der Waals surface area contributed by atoms with Gasteiger partial charge in [0, 0.05) is 29.7 Å². The van der Waals surface area contributed by atoms with E-state index in [0.717, 1.165) is 60.8 Å². The Balaban J connectivity index is 1.51. The molecule has 0 unspecified atom stereocenters. The van der Waals surface area contributed by atoms with Gasteiger partial charge in [-0.05, 0) is 42.5 Å². The fourth-order valence-electron chi connectivity index (χ4n) is 5.51. The van der Waals surface area contributed by atoms with E-state index in [0.29, 0.717) is 74.0 Å². The van der Waals surface area contributed by atoms with E-state index in [4.69, 9.17) is 28.4 Å². The summed E-state index contributed by atoms with van der Waals surface area (Å²) >= 11 is 0. The van der Waals surface area contributed by atoms with E-state index in [2.05, 4.69) is 20.8 Å². The Morgan fingerprint density at radius 1 is 0.625 bits per heavy atom. The van der Waals surface area contributed by atoms with Gasteiger partial charge in [0.05, 0.1) is 25.9 Å². The summed E-state index contributed by atoms with van der Waals surface area (Å²) in [5, 5.41) is 11.6. The molecule has 256 valence electrons. The highest BCUT2D eigenvalue weighted by Crippen LogP contribution is 2.47. The molecule has 7 heteroatoms. The lowest BCUT2D eigenvalue weighted by Gasteiger charge is -2.33. The molecule has 1 aliphatic heterocycles. The average molecular weight is 655 g/mol. The average Bonchev–Trinajstić information content (AvgIpc) is 3.11. The van der Waals surface area contributed by atoms with E-state index < -0.39 is 12.2 Å². The minimum Gasteiger partial charge on any atom is -0.493 e. The number of aliphatic hydroxyl groups is 1. The summed E-state index contributed by atoms with van der Waals surface area (Å²) in [5.74, 6) is 3.66. The number of unbranched alkanes of at least 4 members (excludes halogenated alkanes) is 3. The number of rotatable bonds is 19. The molecule has 1 aliphatic rings. The second-order valence-corrected chi connectivity index (χ2v) is 12.2. The van der Waals surface area contributed by atoms with Crippen molar-refractivity contribution in [3.63, 3.8) is 0 Å². The Kier molecular flexibility index (Phi) is 13.3. The van der Waals surface area contributed by atoms with E-state index in [9.17, 15) is 5.11 Å². The van der Waals surface area contributed by atoms with Crippen molar-refractivity contribution < 1.29 is 33.5 Å². The monoisotopic (exact) mass is 654 g/mol. The maximum absolute atomic E-state index is 11.6. The van der Waals surface area contributed by atoms with Gasteiger partial charge in [-0.25, -0.2) is 0 Å². The SMILES string of the molecule is CCCCOc1cc(OCCCC)c2c(c1)O[C@H](c1cc(OCCCC)c(OCc3ccccc3)c(OCc3ccccc3)c1)[C@H](O)C2. The fraction of sp³-hybridized carbons (Fsp3) is 0.415. The van der Waals surface area contributed by atoms with Crippen molar-refractivity contribution in [1.82, 2.24) is 0 Å². The largest absolute Gasteiger partial charge is 0.493 e. The lowest BCUT2D eigenvalue weighted by Crippen LogP contribution is -2.31. The molecule has 4 aromatic carbocycles. The molecule has 0 saturated heterocycles. The van der Waals surface area contributed by atoms with Crippen molar-refractivity contribution >= 4 is 0 Å². The van der Waals surface area contributed by atoms with Crippen molar-refractivity contribution in [3.8, 4) is 34.5 Å². The molecule has 0 aromatic heterocycles. The Morgan fingerprint density at radius 3 is 1.77 bits per heavy atom. The van der Waals surface area contributed by atoms with Gasteiger partial charge >= 0.3 is 0 Å². The van der Waals surface area contributed by atoms with Crippen molar-refractivity contribution in [2.75, 3.05) is 19.8 Å². The molecule has 0 amide bonds. The van der Waals surface area contributed by atoms with Gasteiger partial charge in [-0.2, -0.15) is 0 Å². The first kappa shape index (κ1) is 35.0. The summed E-state index contributed by atoms with van der Waals surface area (Å²) < 4.78 is 38.2. The van der Waals surface area contributed by atoms with Gasteiger partial charge in [0.25, 0.3) is 0 Å². The van der Waals surface area contributed by atoms with Crippen LogP contribution in [-0.2, 0) is 19.6 Å². The number of ether oxygens (including phenoxy) is 6. The highest BCUT2D eigenvalue weighted by Gasteiger charge is 2.34. The molecule has 0 aliphatic carbocycles. The predicted molar refractivity (Wildman–Crippen MR) is 189 cm³/mol. The normalized spacial score (nSPS) is 15.2. The summed E-state index contributed by atoms with van der Waals surface area (Å²) in [6.45, 7) is 8.82. The van der Waals surface area contributed by atoms with E-state index in [1.807, 2.05) is 84.9 Å². The van der Waals surface area contributed by atoms with E-state index in [-0.39, 0.29) is 0 Å². The molecule has 0 fully saturated rings. The van der Waals surface area contributed by atoms with Crippen molar-refractivity contribution in [1.29, 1.82) is 0 Å². The summed E-state index contributed by atoms with van der Waals surface area (Å²) in [6.07, 6.45) is 4.70. The minimum absolute atomic E-state index is 0.341. The first-order valence-electron chi connectivity index (χ1n) is 17.5. The lowest BCUT2D eigenvalue weighted by molar-refractivity contribution is 0.0192. The molecule has 48 heavy (non-hydrogen) atoms. The smallest absolute Gasteiger partial charge is 0.203 e. The molecule has 5 rings (SSSR count). The zero-order valence-electron chi connectivity index (χ0n) is 28.6. The zero-order chi connectivity index (χ0) is 33.6. The Labute approximate surface area is 285 Å². The number of fused-ring (bicyclic) bond motifs is 1. The van der Waals surface area contributed by atoms with Crippen LogP contribution in [0.15, 0.2) is 84.9 Å². The first-order valence-corrected chi connectivity index (χ1v) is 17.5. The Hall–Kier alpha value is -4.36. The Morgan fingerprint density at radius 2 is 1.17 bits per heavy atom. The predicted octanol–water partition coefficient (Wildman–Crippen LogP) is 9.42. The van der Waals surface area contributed by atoms with Crippen LogP contribution in [-0.4, -0.2) is 31.0 Å². The third-order valence-electron chi connectivity index (χ3n) is 8.27. The van der Waals surface area contributed by atoms with Crippen LogP contribution in [0.2, 0.25) is 0 Å². The van der Waals surface area contributed by atoms with Gasteiger partial charge in [0.1, 0.15) is 30.5 Å². The highest BCUT2D eigenvalue weighted by molar-refractivity contribution is 5.57. The summed E-state index contributed by atoms with van der Waals surface area (Å²) in [6, 6.07) is 27.7. The fourth-order valence-corrected chi connectivity index (χ4v) is 5.51. The maximum atomic E-state index is 11.6. The van der Waals surface area contributed by atoms with Crippen LogP contribution < -0.4 is 28.4 Å². The number of hydrogen-bond acceptors (Lipinski definition) is 7. The minimum atomic E-state index is -0.834. The lowest BCUT2D eigenvalue weighted by atomic mass is 9.93. The quantitative estimate of drug-likeness (QED) is 0.101. The number of benzene rings is 4. The molecule has 2 atom stereocenters. The molecule has 0 radical (unpaired) electrons. The van der Waals surface area contributed by atoms with Crippen molar-refractivity contribution in [2.24, 2.45) is 0 Å². The first-order chi connectivity index (χ1) is 23.6. The summed E-state index contributed by atoms with van der Waals surface area (Å²) in [5.41, 5.74) is 3.65. The van der Waals surface area contributed by atoms with Gasteiger partial charge in [-0.3, -0.25) is 0 Å². The van der Waals surface area contributed by atoms with Crippen LogP contribution in [0, 0.1) is 0 Å². The van der Waals surface area contributed by atoms with E-state index in [1.165, 1.54) is 0 Å². The molecule has 1 heterocycles. The second kappa shape index (κ2) is 18.3. The summed E-state index contributed by atoms with van der Waals surface area (Å²) in [7, 11) is 0. The van der Waals surface area contributed by atoms with E-state index >= 15 is 0 Å². The molecule has 7 nitrogen and oxygen atoms in total. The molecule has 0 bridgehead atoms. The zero-order valence-corrected chi connectivity index (χ0v) is 28.6. The second-order valence-electron chi connectivity index (χ2n) is 12.2. The molecule has 1 N–H and O–H groups in total. The highest BCUT2D eigenvalue weighted by atomic mass is 16.5. The third kappa shape index (κ3) is 9.60. The Bertz CT molecular complexity index is 1540. The molecular weight excluding hydrogens is 604 g/mol. The van der Waals surface area contributed by atoms with Gasteiger partial charge in [-0.15, -0.1) is 0 Å². The van der Waals surface area contributed by atoms with Crippen molar-refractivity contribution in [2.45, 2.75) is 91.1 Å². The summed E-state index contributed by atoms with van der Waals surface area (Å²) in [4.78, 5) is 0. The maximum Gasteiger partial charge on any atom is 0.203 e. The topological polar surface area (TPSA) is 75.6 Å². The van der Waals surface area contributed by atoms with Crippen LogP contribution in [0.1, 0.15) is 87.7 Å². The van der Waals surface area contributed by atoms with Crippen LogP contribution in [0.4, 0.5) is 0 Å². The number of aliphatic hydroxyl groups excluding tert-OH is 1. The van der Waals surface area contributed by atoms with Crippen LogP contribution in [0.3, 0.4) is 0 Å². The molecular formula is C41H50O7. The van der Waals surface area contributed by atoms with Crippen LogP contribution >= 0.6 is 0 Å². The van der Waals surface area contributed by atoms with Gasteiger partial charge < -0.3 is 33.5 Å². The van der Waals surface area contributed by atoms with Crippen LogP contribution in [0.25, 0.3) is 0 Å². The van der Waals surface area contributed by atoms with Crippen LogP contribution in [0.5, 0.6) is 34.5 Å².